The van der Waals surface area contributed by atoms with Crippen LogP contribution in [0.15, 0.2) is 83.4 Å². The summed E-state index contributed by atoms with van der Waals surface area (Å²) in [6.45, 7) is 1.95. The van der Waals surface area contributed by atoms with E-state index in [1.807, 2.05) is 31.2 Å². The third-order valence-corrected chi connectivity index (χ3v) is 6.65. The van der Waals surface area contributed by atoms with Gasteiger partial charge in [0.2, 0.25) is 0 Å². The van der Waals surface area contributed by atoms with Crippen molar-refractivity contribution in [2.75, 3.05) is 0 Å². The molecule has 0 saturated heterocycles. The summed E-state index contributed by atoms with van der Waals surface area (Å²) in [7, 11) is 0. The quantitative estimate of drug-likeness (QED) is 0.175. The number of nitrogens with zero attached hydrogens (tertiary/aromatic N) is 3. The Bertz CT molecular complexity index is 1820. The molecule has 1 aliphatic carbocycles. The van der Waals surface area contributed by atoms with Crippen LogP contribution in [-0.2, 0) is 17.7 Å². The summed E-state index contributed by atoms with van der Waals surface area (Å²) in [6, 6.07) is 19.1. The number of ether oxygens (including phenoxy) is 1. The summed E-state index contributed by atoms with van der Waals surface area (Å²) in [5.74, 6) is 0.409. The molecule has 5 aromatic rings. The lowest BCUT2D eigenvalue weighted by atomic mass is 9.97. The van der Waals surface area contributed by atoms with Crippen molar-refractivity contribution in [1.82, 2.24) is 14.8 Å². The van der Waals surface area contributed by atoms with Gasteiger partial charge in [0.1, 0.15) is 11.4 Å². The number of halogens is 6. The molecule has 1 aliphatic rings. The molecule has 0 radical (unpaired) electrons. The molecule has 6 rings (SSSR count). The van der Waals surface area contributed by atoms with Crippen LogP contribution in [0.1, 0.15) is 35.9 Å². The van der Waals surface area contributed by atoms with Gasteiger partial charge in [-0.25, -0.2) is 9.67 Å². The predicted octanol–water partition coefficient (Wildman–Crippen LogP) is 8.29. The van der Waals surface area contributed by atoms with Crippen LogP contribution in [0.5, 0.6) is 5.75 Å². The molecule has 44 heavy (non-hydrogen) atoms. The van der Waals surface area contributed by atoms with Crippen LogP contribution in [-0.4, -0.2) is 29.5 Å². The van der Waals surface area contributed by atoms with E-state index < -0.39 is 35.6 Å². The Hall–Kier alpha value is -4.72. The highest BCUT2D eigenvalue weighted by Gasteiger charge is 2.35. The lowest BCUT2D eigenvalue weighted by molar-refractivity contribution is -0.274. The maximum atomic E-state index is 13.4. The fourth-order valence-corrected chi connectivity index (χ4v) is 4.57. The standard InChI is InChI=1S/C30H21F6N3O2.O2S/c1-17-3-2-4-20(15-17)21-9-12-24(39-14-13-25(38-39)29(31,32)33)23(16-21)27-26(37-28(40-27)19-5-6-19)18-7-10-22(11-8-18)41-30(34,35)36;1-3-2/h2-4,7-16,19H,5-6H2,1H3;. The molecule has 1 saturated carbocycles. The molecule has 7 nitrogen and oxygen atoms in total. The SMILES string of the molecule is Cc1cccc(-c2ccc(-n3ccc(C(F)(F)F)n3)c(-c3oc(C4CC4)nc3-c3ccc(OC(F)(F)F)cc3)c2)c1.O=S=O. The Morgan fingerprint density at radius 3 is 2.14 bits per heavy atom. The van der Waals surface area contributed by atoms with E-state index in [4.69, 9.17) is 12.8 Å². The normalized spacial score (nSPS) is 13.2. The summed E-state index contributed by atoms with van der Waals surface area (Å²) in [5.41, 5.74) is 3.16. The molecule has 2 heterocycles. The van der Waals surface area contributed by atoms with Gasteiger partial charge >= 0.3 is 24.1 Å². The van der Waals surface area contributed by atoms with Crippen LogP contribution in [0.2, 0.25) is 0 Å². The van der Waals surface area contributed by atoms with E-state index in [0.29, 0.717) is 28.4 Å². The summed E-state index contributed by atoms with van der Waals surface area (Å²) in [4.78, 5) is 4.68. The van der Waals surface area contributed by atoms with Gasteiger partial charge in [0.25, 0.3) is 0 Å². The van der Waals surface area contributed by atoms with Crippen molar-refractivity contribution < 1.29 is 43.9 Å². The zero-order chi connectivity index (χ0) is 31.6. The fourth-order valence-electron chi connectivity index (χ4n) is 4.57. The molecular weight excluding hydrogens is 612 g/mol. The fraction of sp³-hybridized carbons (Fsp3) is 0.200. The van der Waals surface area contributed by atoms with E-state index in [1.54, 1.807) is 18.2 Å². The third kappa shape index (κ3) is 7.08. The molecule has 0 N–H and O–H groups in total. The lowest BCUT2D eigenvalue weighted by Crippen LogP contribution is -2.16. The number of hydrogen-bond donors (Lipinski definition) is 0. The molecule has 228 valence electrons. The minimum Gasteiger partial charge on any atom is -0.440 e. The molecular formula is C30H21F6N3O4S. The van der Waals surface area contributed by atoms with Crippen LogP contribution in [0, 0.1) is 6.92 Å². The van der Waals surface area contributed by atoms with Gasteiger partial charge in [-0.15, -0.1) is 13.2 Å². The lowest BCUT2D eigenvalue weighted by Gasteiger charge is -2.13. The molecule has 2 aromatic heterocycles. The van der Waals surface area contributed by atoms with E-state index in [1.165, 1.54) is 30.5 Å². The molecule has 0 amide bonds. The zero-order valence-corrected chi connectivity index (χ0v) is 23.5. The van der Waals surface area contributed by atoms with Gasteiger partial charge in [0, 0.05) is 23.2 Å². The first kappa shape index (κ1) is 30.7. The minimum atomic E-state index is -4.84. The number of alkyl halides is 6. The third-order valence-electron chi connectivity index (χ3n) is 6.65. The average molecular weight is 634 g/mol. The Labute approximate surface area is 249 Å². The minimum absolute atomic E-state index is 0.0836. The van der Waals surface area contributed by atoms with Crippen molar-refractivity contribution in [3.8, 4) is 45.1 Å². The van der Waals surface area contributed by atoms with Crippen molar-refractivity contribution in [3.05, 3.63) is 96.1 Å². The van der Waals surface area contributed by atoms with Gasteiger partial charge in [-0.2, -0.15) is 26.7 Å². The van der Waals surface area contributed by atoms with Gasteiger partial charge in [-0.3, -0.25) is 0 Å². The highest BCUT2D eigenvalue weighted by atomic mass is 32.1. The second kappa shape index (κ2) is 12.1. The van der Waals surface area contributed by atoms with Gasteiger partial charge in [0.15, 0.2) is 17.3 Å². The summed E-state index contributed by atoms with van der Waals surface area (Å²) in [5, 5.41) is 3.76. The van der Waals surface area contributed by atoms with E-state index >= 15 is 0 Å². The Kier molecular flexibility index (Phi) is 8.46. The monoisotopic (exact) mass is 633 g/mol. The van der Waals surface area contributed by atoms with Crippen LogP contribution >= 0.6 is 0 Å². The first-order valence-electron chi connectivity index (χ1n) is 13.0. The maximum Gasteiger partial charge on any atom is 0.573 e. The van der Waals surface area contributed by atoms with Crippen LogP contribution in [0.4, 0.5) is 26.3 Å². The number of aryl methyl sites for hydroxylation is 1. The topological polar surface area (TPSA) is 87.2 Å². The first-order valence-corrected chi connectivity index (χ1v) is 13.7. The van der Waals surface area contributed by atoms with Crippen molar-refractivity contribution in [2.45, 2.75) is 38.2 Å². The average Bonchev–Trinajstić information content (AvgIpc) is 3.50. The first-order chi connectivity index (χ1) is 20.9. The maximum absolute atomic E-state index is 13.4. The van der Waals surface area contributed by atoms with Crippen molar-refractivity contribution in [1.29, 1.82) is 0 Å². The Balaban J connectivity index is 0.00000123. The van der Waals surface area contributed by atoms with Gasteiger partial charge in [-0.1, -0.05) is 35.9 Å². The zero-order valence-electron chi connectivity index (χ0n) is 22.6. The predicted molar refractivity (Wildman–Crippen MR) is 147 cm³/mol. The number of benzene rings is 3. The molecule has 0 aliphatic heterocycles. The van der Waals surface area contributed by atoms with Crippen molar-refractivity contribution in [2.24, 2.45) is 0 Å². The van der Waals surface area contributed by atoms with E-state index in [-0.39, 0.29) is 11.7 Å². The van der Waals surface area contributed by atoms with Gasteiger partial charge in [0.05, 0.1) is 5.69 Å². The Morgan fingerprint density at radius 1 is 0.886 bits per heavy atom. The second-order valence-electron chi connectivity index (χ2n) is 9.89. The van der Waals surface area contributed by atoms with Gasteiger partial charge < -0.3 is 9.15 Å². The van der Waals surface area contributed by atoms with Crippen LogP contribution in [0.25, 0.3) is 39.4 Å². The summed E-state index contributed by atoms with van der Waals surface area (Å²) in [6.07, 6.45) is -6.53. The Morgan fingerprint density at radius 2 is 1.55 bits per heavy atom. The molecule has 0 atom stereocenters. The molecule has 1 fully saturated rings. The molecule has 3 aromatic carbocycles. The van der Waals surface area contributed by atoms with E-state index in [9.17, 15) is 26.3 Å². The highest BCUT2D eigenvalue weighted by molar-refractivity contribution is 7.51. The van der Waals surface area contributed by atoms with E-state index in [0.717, 1.165) is 40.3 Å². The second-order valence-corrected chi connectivity index (χ2v) is 10.0. The van der Waals surface area contributed by atoms with E-state index in [2.05, 4.69) is 14.8 Å². The molecule has 0 unspecified atom stereocenters. The van der Waals surface area contributed by atoms with Crippen molar-refractivity contribution in [3.63, 3.8) is 0 Å². The number of oxazole rings is 1. The van der Waals surface area contributed by atoms with Gasteiger partial charge in [-0.05, 0) is 73.4 Å². The van der Waals surface area contributed by atoms with Crippen molar-refractivity contribution >= 4 is 11.6 Å². The summed E-state index contributed by atoms with van der Waals surface area (Å²) >= 11 is -0.750. The van der Waals surface area contributed by atoms with Crippen LogP contribution in [0.3, 0.4) is 0 Å². The largest absolute Gasteiger partial charge is 0.573 e. The number of hydrogen-bond acceptors (Lipinski definition) is 6. The number of aromatic nitrogens is 3. The number of rotatable bonds is 6. The molecule has 14 heteroatoms. The molecule has 0 spiro atoms. The highest BCUT2D eigenvalue weighted by Crippen LogP contribution is 2.45. The smallest absolute Gasteiger partial charge is 0.440 e. The summed E-state index contributed by atoms with van der Waals surface area (Å²) < 4.78 is 106. The van der Waals surface area contributed by atoms with Crippen LogP contribution < -0.4 is 4.74 Å². The molecule has 0 bridgehead atoms.